The van der Waals surface area contributed by atoms with Crippen LogP contribution in [0.5, 0.6) is 0 Å². The molecule has 24 heavy (non-hydrogen) atoms. The number of phosphoric acid groups is 1. The van der Waals surface area contributed by atoms with Gasteiger partial charge in [-0.05, 0) is 5.92 Å². The van der Waals surface area contributed by atoms with Crippen LogP contribution in [0.4, 0.5) is 4.39 Å². The summed E-state index contributed by atoms with van der Waals surface area (Å²) in [6.45, 7) is 4.91. The summed E-state index contributed by atoms with van der Waals surface area (Å²) in [5, 5.41) is 0. The van der Waals surface area contributed by atoms with E-state index < -0.39 is 62.9 Å². The number of hydrogen-bond donors (Lipinski definition) is 2. The minimum atomic E-state index is -4.97. The predicted octanol–water partition coefficient (Wildman–Crippen LogP) is 0.926. The Hall–Kier alpha value is -1.06. The molecule has 0 aromatic rings. The average molecular weight is 372 g/mol. The fourth-order valence-corrected chi connectivity index (χ4v) is 2.92. The van der Waals surface area contributed by atoms with Crippen molar-refractivity contribution in [1.82, 2.24) is 0 Å². The van der Waals surface area contributed by atoms with Gasteiger partial charge in [-0.1, -0.05) is 13.8 Å². The van der Waals surface area contributed by atoms with Gasteiger partial charge in [0.05, 0.1) is 6.10 Å². The molecule has 9 nitrogen and oxygen atoms in total. The molecule has 2 unspecified atom stereocenters. The molecule has 0 aliphatic carbocycles. The van der Waals surface area contributed by atoms with E-state index in [1.54, 1.807) is 13.8 Å². The number of rotatable bonds is 6. The lowest BCUT2D eigenvalue weighted by Crippen LogP contribution is -2.55. The Morgan fingerprint density at radius 2 is 1.79 bits per heavy atom. The van der Waals surface area contributed by atoms with Crippen LogP contribution in [0.15, 0.2) is 0 Å². The molecule has 1 rings (SSSR count). The number of halogens is 1. The highest BCUT2D eigenvalue weighted by Gasteiger charge is 2.49. The maximum absolute atomic E-state index is 14.3. The van der Waals surface area contributed by atoms with Crippen LogP contribution in [-0.4, -0.2) is 53.0 Å². The first kappa shape index (κ1) is 21.0. The molecule has 0 radical (unpaired) electrons. The quantitative estimate of drug-likeness (QED) is 0.516. The highest BCUT2D eigenvalue weighted by molar-refractivity contribution is 7.46. The van der Waals surface area contributed by atoms with Gasteiger partial charge in [-0.25, -0.2) is 8.96 Å². The van der Waals surface area contributed by atoms with Gasteiger partial charge in [0.15, 0.2) is 12.3 Å². The summed E-state index contributed by atoms with van der Waals surface area (Å²) >= 11 is 0. The van der Waals surface area contributed by atoms with Crippen molar-refractivity contribution in [2.75, 3.05) is 6.61 Å². The minimum Gasteiger partial charge on any atom is -0.463 e. The van der Waals surface area contributed by atoms with Crippen LogP contribution in [0.25, 0.3) is 0 Å². The third kappa shape index (κ3) is 6.10. The van der Waals surface area contributed by atoms with E-state index in [2.05, 4.69) is 9.26 Å². The predicted molar refractivity (Wildman–Crippen MR) is 77.2 cm³/mol. The second-order valence-corrected chi connectivity index (χ2v) is 6.87. The standard InChI is InChI=1S/C13H22FO9P/c1-6-7(2)12(21-9(4)16)13(23-24(17,18)19)22-11(6)10(14)5-20-8(3)15/h6-7,10-13H,5H2,1-4H3,(H2,17,18,19)/t6-,7-,10-,11?,12?,13-/m0/s1. The molecule has 11 heteroatoms. The molecule has 1 aliphatic rings. The minimum absolute atomic E-state index is 0.503. The summed E-state index contributed by atoms with van der Waals surface area (Å²) in [6, 6.07) is 0. The van der Waals surface area contributed by atoms with Crippen molar-refractivity contribution >= 4 is 19.8 Å². The van der Waals surface area contributed by atoms with Crippen LogP contribution in [0.1, 0.15) is 27.7 Å². The van der Waals surface area contributed by atoms with Crippen molar-refractivity contribution < 1.29 is 47.1 Å². The van der Waals surface area contributed by atoms with Crippen molar-refractivity contribution in [2.24, 2.45) is 11.8 Å². The largest absolute Gasteiger partial charge is 0.472 e. The lowest BCUT2D eigenvalue weighted by atomic mass is 9.82. The van der Waals surface area contributed by atoms with Crippen LogP contribution in [-0.2, 0) is 32.9 Å². The topological polar surface area (TPSA) is 129 Å². The van der Waals surface area contributed by atoms with E-state index in [0.29, 0.717) is 0 Å². The normalized spacial score (nSPS) is 32.0. The summed E-state index contributed by atoms with van der Waals surface area (Å²) in [7, 11) is -4.97. The van der Waals surface area contributed by atoms with Gasteiger partial charge in [-0.3, -0.25) is 14.1 Å². The molecule has 0 bridgehead atoms. The van der Waals surface area contributed by atoms with Crippen molar-refractivity contribution in [3.05, 3.63) is 0 Å². The van der Waals surface area contributed by atoms with Crippen LogP contribution in [0, 0.1) is 11.8 Å². The van der Waals surface area contributed by atoms with Gasteiger partial charge in [0.2, 0.25) is 6.29 Å². The van der Waals surface area contributed by atoms with Gasteiger partial charge >= 0.3 is 19.8 Å². The third-order valence-electron chi connectivity index (χ3n) is 3.77. The Labute approximate surface area is 138 Å². The Bertz CT molecular complexity index is 508. The highest BCUT2D eigenvalue weighted by atomic mass is 31.2. The fourth-order valence-electron chi connectivity index (χ4n) is 2.48. The van der Waals surface area contributed by atoms with E-state index in [4.69, 9.17) is 19.3 Å². The Morgan fingerprint density at radius 1 is 1.21 bits per heavy atom. The monoisotopic (exact) mass is 372 g/mol. The van der Waals surface area contributed by atoms with E-state index in [-0.39, 0.29) is 0 Å². The van der Waals surface area contributed by atoms with Gasteiger partial charge in [-0.2, -0.15) is 0 Å². The lowest BCUT2D eigenvalue weighted by Gasteiger charge is -2.44. The van der Waals surface area contributed by atoms with E-state index in [0.717, 1.165) is 13.8 Å². The summed E-state index contributed by atoms with van der Waals surface area (Å²) < 4.78 is 44.8. The van der Waals surface area contributed by atoms with E-state index in [9.17, 15) is 18.5 Å². The number of carbonyl (C=O) groups is 2. The van der Waals surface area contributed by atoms with Gasteiger partial charge in [0.25, 0.3) is 0 Å². The number of carbonyl (C=O) groups excluding carboxylic acids is 2. The summed E-state index contributed by atoms with van der Waals surface area (Å²) in [4.78, 5) is 40.0. The average Bonchev–Trinajstić information content (AvgIpc) is 2.42. The number of hydrogen-bond acceptors (Lipinski definition) is 7. The van der Waals surface area contributed by atoms with Crippen LogP contribution < -0.4 is 0 Å². The van der Waals surface area contributed by atoms with E-state index >= 15 is 0 Å². The number of phosphoric ester groups is 1. The van der Waals surface area contributed by atoms with Crippen molar-refractivity contribution in [1.29, 1.82) is 0 Å². The smallest absolute Gasteiger partial charge is 0.463 e. The maximum atomic E-state index is 14.3. The zero-order valence-corrected chi connectivity index (χ0v) is 14.6. The van der Waals surface area contributed by atoms with Crippen LogP contribution >= 0.6 is 7.82 Å². The van der Waals surface area contributed by atoms with Crippen molar-refractivity contribution in [3.8, 4) is 0 Å². The first-order chi connectivity index (χ1) is 10.9. The molecule has 0 amide bonds. The molecule has 140 valence electrons. The molecule has 0 aromatic heterocycles. The lowest BCUT2D eigenvalue weighted by molar-refractivity contribution is -0.263. The highest BCUT2D eigenvalue weighted by Crippen LogP contribution is 2.44. The summed E-state index contributed by atoms with van der Waals surface area (Å²) in [6.07, 6.45) is -5.68. The van der Waals surface area contributed by atoms with Crippen molar-refractivity contribution in [2.45, 2.75) is 52.4 Å². The van der Waals surface area contributed by atoms with Gasteiger partial charge in [0.1, 0.15) is 6.61 Å². The third-order valence-corrected chi connectivity index (χ3v) is 4.25. The first-order valence-corrected chi connectivity index (χ1v) is 8.79. The Morgan fingerprint density at radius 3 is 2.25 bits per heavy atom. The van der Waals surface area contributed by atoms with E-state index in [1.165, 1.54) is 0 Å². The number of esters is 2. The van der Waals surface area contributed by atoms with E-state index in [1.807, 2.05) is 0 Å². The summed E-state index contributed by atoms with van der Waals surface area (Å²) in [5.41, 5.74) is 0. The molecule has 1 aliphatic heterocycles. The SMILES string of the molecule is CC(=O)OC[C@H](F)C1O[C@@H](OP(=O)(O)O)C(OC(C)=O)[C@@H](C)[C@@H]1C. The number of alkyl halides is 1. The Kier molecular flexibility index (Phi) is 7.30. The molecule has 1 fully saturated rings. The first-order valence-electron chi connectivity index (χ1n) is 7.26. The van der Waals surface area contributed by atoms with Crippen molar-refractivity contribution in [3.63, 3.8) is 0 Å². The molecular weight excluding hydrogens is 350 g/mol. The molecule has 2 N–H and O–H groups in total. The number of ether oxygens (including phenoxy) is 3. The molecule has 0 saturated carbocycles. The van der Waals surface area contributed by atoms with Gasteiger partial charge in [-0.15, -0.1) is 0 Å². The molecule has 1 saturated heterocycles. The molecule has 0 aromatic carbocycles. The second-order valence-electron chi connectivity index (χ2n) is 5.68. The summed E-state index contributed by atoms with van der Waals surface area (Å²) in [5.74, 6) is -2.40. The zero-order valence-electron chi connectivity index (χ0n) is 13.7. The zero-order chi connectivity index (χ0) is 18.7. The van der Waals surface area contributed by atoms with Crippen LogP contribution in [0.2, 0.25) is 0 Å². The molecule has 0 spiro atoms. The second kappa shape index (κ2) is 8.35. The van der Waals surface area contributed by atoms with Gasteiger partial charge < -0.3 is 24.0 Å². The molecular formula is C13H22FO9P. The molecule has 6 atom stereocenters. The Balaban J connectivity index is 2.96. The van der Waals surface area contributed by atoms with Gasteiger partial charge in [0, 0.05) is 19.8 Å². The molecule has 1 heterocycles. The fraction of sp³-hybridized carbons (Fsp3) is 0.846. The van der Waals surface area contributed by atoms with Crippen LogP contribution in [0.3, 0.4) is 0 Å². The maximum Gasteiger partial charge on any atom is 0.472 e.